The minimum Gasteiger partial charge on any atom is -0.309 e. The molecule has 0 fully saturated rings. The first-order valence-corrected chi connectivity index (χ1v) is 4.58. The fourth-order valence-corrected chi connectivity index (χ4v) is 1.07. The number of nitrogens with zero attached hydrogens (tertiary/aromatic N) is 2. The smallest absolute Gasteiger partial charge is 0.0534 e. The fourth-order valence-electron chi connectivity index (χ4n) is 1.07. The van der Waals surface area contributed by atoms with Crippen LogP contribution in [0.1, 0.15) is 25.5 Å². The van der Waals surface area contributed by atoms with Gasteiger partial charge in [-0.25, -0.2) is 0 Å². The molecule has 3 nitrogen and oxygen atoms in total. The van der Waals surface area contributed by atoms with Gasteiger partial charge < -0.3 is 5.32 Å². The molecular formula is C10H17N3. The summed E-state index contributed by atoms with van der Waals surface area (Å²) in [6.45, 7) is 9.58. The van der Waals surface area contributed by atoms with E-state index >= 15 is 0 Å². The van der Waals surface area contributed by atoms with Crippen LogP contribution in [0.5, 0.6) is 0 Å². The molecule has 0 aliphatic carbocycles. The summed E-state index contributed by atoms with van der Waals surface area (Å²) in [6, 6.07) is 0.438. The van der Waals surface area contributed by atoms with E-state index in [4.69, 9.17) is 0 Å². The van der Waals surface area contributed by atoms with Crippen molar-refractivity contribution < 1.29 is 0 Å². The van der Waals surface area contributed by atoms with Gasteiger partial charge in [0.2, 0.25) is 0 Å². The summed E-state index contributed by atoms with van der Waals surface area (Å²) in [5.41, 5.74) is 1.22. The predicted molar refractivity (Wildman–Crippen MR) is 54.5 cm³/mol. The van der Waals surface area contributed by atoms with E-state index in [1.807, 2.05) is 17.0 Å². The first kappa shape index (κ1) is 9.99. The van der Waals surface area contributed by atoms with E-state index in [1.165, 1.54) is 5.56 Å². The zero-order valence-electron chi connectivity index (χ0n) is 8.33. The van der Waals surface area contributed by atoms with E-state index in [-0.39, 0.29) is 0 Å². The van der Waals surface area contributed by atoms with E-state index in [0.29, 0.717) is 6.04 Å². The van der Waals surface area contributed by atoms with Crippen molar-refractivity contribution in [2.45, 2.75) is 26.4 Å². The molecule has 0 aliphatic heterocycles. The molecule has 0 aromatic carbocycles. The van der Waals surface area contributed by atoms with Crippen molar-refractivity contribution in [3.8, 4) is 0 Å². The van der Waals surface area contributed by atoms with E-state index in [0.717, 1.165) is 13.1 Å². The maximum absolute atomic E-state index is 4.25. The molecule has 3 heteroatoms. The second-order valence-corrected chi connectivity index (χ2v) is 3.34. The standard InChI is InChI=1S/C10H17N3/c1-4-5-11-6-10-7-12-13(8-10)9(2)3/h4,7-9,11H,1,5-6H2,2-3H3. The average molecular weight is 179 g/mol. The number of hydrogen-bond donors (Lipinski definition) is 1. The molecule has 0 saturated carbocycles. The van der Waals surface area contributed by atoms with Crippen molar-refractivity contribution in [2.24, 2.45) is 0 Å². The third-order valence-corrected chi connectivity index (χ3v) is 1.80. The number of hydrogen-bond acceptors (Lipinski definition) is 2. The Morgan fingerprint density at radius 2 is 2.46 bits per heavy atom. The Balaban J connectivity index is 2.44. The van der Waals surface area contributed by atoms with Crippen LogP contribution in [0.15, 0.2) is 25.0 Å². The van der Waals surface area contributed by atoms with Crippen LogP contribution in [-0.4, -0.2) is 16.3 Å². The molecule has 1 rings (SSSR count). The van der Waals surface area contributed by atoms with Gasteiger partial charge in [-0.15, -0.1) is 6.58 Å². The fraction of sp³-hybridized carbons (Fsp3) is 0.500. The Morgan fingerprint density at radius 1 is 1.69 bits per heavy atom. The Kier molecular flexibility index (Phi) is 3.71. The van der Waals surface area contributed by atoms with E-state index < -0.39 is 0 Å². The van der Waals surface area contributed by atoms with Gasteiger partial charge in [-0.05, 0) is 13.8 Å². The molecule has 13 heavy (non-hydrogen) atoms. The van der Waals surface area contributed by atoms with E-state index in [2.05, 4.69) is 37.0 Å². The van der Waals surface area contributed by atoms with Gasteiger partial charge in [0, 0.05) is 30.9 Å². The van der Waals surface area contributed by atoms with Gasteiger partial charge in [-0.2, -0.15) is 5.10 Å². The Hall–Kier alpha value is -1.09. The summed E-state index contributed by atoms with van der Waals surface area (Å²) in [6.07, 6.45) is 5.82. The lowest BCUT2D eigenvalue weighted by atomic mass is 10.3. The van der Waals surface area contributed by atoms with Gasteiger partial charge in [-0.1, -0.05) is 6.08 Å². The predicted octanol–water partition coefficient (Wildman–Crippen LogP) is 1.74. The monoisotopic (exact) mass is 179 g/mol. The molecule has 0 spiro atoms. The minimum atomic E-state index is 0.438. The number of aromatic nitrogens is 2. The lowest BCUT2D eigenvalue weighted by Crippen LogP contribution is -2.12. The van der Waals surface area contributed by atoms with Gasteiger partial charge in [0.1, 0.15) is 0 Å². The van der Waals surface area contributed by atoms with Gasteiger partial charge in [0.05, 0.1) is 6.20 Å². The molecule has 0 atom stereocenters. The van der Waals surface area contributed by atoms with Gasteiger partial charge in [0.25, 0.3) is 0 Å². The highest BCUT2D eigenvalue weighted by Gasteiger charge is 1.99. The van der Waals surface area contributed by atoms with Crippen molar-refractivity contribution in [1.82, 2.24) is 15.1 Å². The highest BCUT2D eigenvalue weighted by atomic mass is 15.3. The Bertz CT molecular complexity index is 263. The Labute approximate surface area is 79.5 Å². The molecule has 0 unspecified atom stereocenters. The lowest BCUT2D eigenvalue weighted by Gasteiger charge is -2.03. The number of rotatable bonds is 5. The zero-order valence-corrected chi connectivity index (χ0v) is 8.33. The second-order valence-electron chi connectivity index (χ2n) is 3.34. The average Bonchev–Trinajstić information content (AvgIpc) is 2.53. The van der Waals surface area contributed by atoms with Gasteiger partial charge in [-0.3, -0.25) is 4.68 Å². The normalized spacial score (nSPS) is 10.7. The second kappa shape index (κ2) is 4.82. The molecule has 1 aromatic rings. The first-order chi connectivity index (χ1) is 6.24. The van der Waals surface area contributed by atoms with Gasteiger partial charge >= 0.3 is 0 Å². The SMILES string of the molecule is C=CCNCc1cnn(C(C)C)c1. The molecule has 1 N–H and O–H groups in total. The summed E-state index contributed by atoms with van der Waals surface area (Å²) >= 11 is 0. The van der Waals surface area contributed by atoms with Crippen molar-refractivity contribution >= 4 is 0 Å². The third-order valence-electron chi connectivity index (χ3n) is 1.80. The molecule has 0 saturated heterocycles. The minimum absolute atomic E-state index is 0.438. The molecule has 0 amide bonds. The molecule has 0 radical (unpaired) electrons. The first-order valence-electron chi connectivity index (χ1n) is 4.58. The molecule has 72 valence electrons. The van der Waals surface area contributed by atoms with Crippen LogP contribution in [0.25, 0.3) is 0 Å². The Morgan fingerprint density at radius 3 is 3.00 bits per heavy atom. The van der Waals surface area contributed by atoms with Crippen LogP contribution < -0.4 is 5.32 Å². The summed E-state index contributed by atoms with van der Waals surface area (Å²) in [5.74, 6) is 0. The molecule has 0 bridgehead atoms. The topological polar surface area (TPSA) is 29.9 Å². The number of nitrogens with one attached hydrogen (secondary N) is 1. The summed E-state index contributed by atoms with van der Waals surface area (Å²) < 4.78 is 1.96. The largest absolute Gasteiger partial charge is 0.309 e. The maximum Gasteiger partial charge on any atom is 0.0534 e. The van der Waals surface area contributed by atoms with Gasteiger partial charge in [0.15, 0.2) is 0 Å². The molecule has 1 heterocycles. The molecule has 0 aliphatic rings. The van der Waals surface area contributed by atoms with Crippen molar-refractivity contribution in [1.29, 1.82) is 0 Å². The van der Waals surface area contributed by atoms with Crippen LogP contribution in [-0.2, 0) is 6.54 Å². The zero-order chi connectivity index (χ0) is 9.68. The summed E-state index contributed by atoms with van der Waals surface area (Å²) in [5, 5.41) is 7.48. The van der Waals surface area contributed by atoms with Crippen LogP contribution in [0.4, 0.5) is 0 Å². The highest BCUT2D eigenvalue weighted by molar-refractivity contribution is 5.03. The lowest BCUT2D eigenvalue weighted by molar-refractivity contribution is 0.532. The van der Waals surface area contributed by atoms with Crippen LogP contribution in [0.3, 0.4) is 0 Å². The van der Waals surface area contributed by atoms with E-state index in [1.54, 1.807) is 0 Å². The molecular weight excluding hydrogens is 162 g/mol. The summed E-state index contributed by atoms with van der Waals surface area (Å²) in [4.78, 5) is 0. The quantitative estimate of drug-likeness (QED) is 0.551. The highest BCUT2D eigenvalue weighted by Crippen LogP contribution is 2.04. The van der Waals surface area contributed by atoms with Crippen LogP contribution in [0, 0.1) is 0 Å². The molecule has 1 aromatic heterocycles. The maximum atomic E-state index is 4.25. The summed E-state index contributed by atoms with van der Waals surface area (Å²) in [7, 11) is 0. The van der Waals surface area contributed by atoms with Crippen molar-refractivity contribution in [3.63, 3.8) is 0 Å². The third kappa shape index (κ3) is 3.03. The van der Waals surface area contributed by atoms with Crippen LogP contribution in [0.2, 0.25) is 0 Å². The van der Waals surface area contributed by atoms with E-state index in [9.17, 15) is 0 Å². The van der Waals surface area contributed by atoms with Crippen molar-refractivity contribution in [2.75, 3.05) is 6.54 Å². The van der Waals surface area contributed by atoms with Crippen molar-refractivity contribution in [3.05, 3.63) is 30.6 Å². The van der Waals surface area contributed by atoms with Crippen LogP contribution >= 0.6 is 0 Å².